The van der Waals surface area contributed by atoms with Crippen LogP contribution in [0, 0.1) is 6.92 Å². The molecule has 0 aliphatic carbocycles. The molecule has 0 heterocycles. The topological polar surface area (TPSA) is 75.7 Å². The van der Waals surface area contributed by atoms with Crippen LogP contribution in [0.1, 0.15) is 19.4 Å². The molecule has 0 saturated heterocycles. The molecule has 1 N–H and O–H groups in total. The Morgan fingerprint density at radius 2 is 1.85 bits per heavy atom. The van der Waals surface area contributed by atoms with Crippen molar-refractivity contribution < 1.29 is 17.9 Å². The van der Waals surface area contributed by atoms with Crippen molar-refractivity contribution in [2.24, 2.45) is 0 Å². The van der Waals surface area contributed by atoms with Gasteiger partial charge in [0.25, 0.3) is 5.91 Å². The highest BCUT2D eigenvalue weighted by Crippen LogP contribution is 2.22. The molecule has 0 bridgehead atoms. The van der Waals surface area contributed by atoms with Gasteiger partial charge in [-0.05, 0) is 48.9 Å². The number of nitrogens with zero attached hydrogens (tertiary/aromatic N) is 1. The zero-order valence-corrected chi connectivity index (χ0v) is 17.1. The Morgan fingerprint density at radius 1 is 1.15 bits per heavy atom. The summed E-state index contributed by atoms with van der Waals surface area (Å²) in [6.45, 7) is 5.96. The van der Waals surface area contributed by atoms with E-state index < -0.39 is 10.0 Å². The normalized spacial score (nSPS) is 11.4. The minimum absolute atomic E-state index is 0.137. The molecule has 0 aromatic heterocycles. The van der Waals surface area contributed by atoms with Crippen molar-refractivity contribution in [3.05, 3.63) is 53.1 Å². The number of nitrogens with one attached hydrogen (secondary N) is 1. The Morgan fingerprint density at radius 3 is 2.48 bits per heavy atom. The molecule has 0 atom stereocenters. The van der Waals surface area contributed by atoms with Gasteiger partial charge in [0.2, 0.25) is 10.0 Å². The van der Waals surface area contributed by atoms with E-state index in [0.29, 0.717) is 29.5 Å². The van der Waals surface area contributed by atoms with Gasteiger partial charge in [0, 0.05) is 23.8 Å². The molecule has 2 aromatic carbocycles. The van der Waals surface area contributed by atoms with Crippen LogP contribution in [0.15, 0.2) is 47.4 Å². The molecule has 8 heteroatoms. The highest BCUT2D eigenvalue weighted by molar-refractivity contribution is 7.89. The summed E-state index contributed by atoms with van der Waals surface area (Å²) in [5, 5.41) is 3.28. The van der Waals surface area contributed by atoms with Crippen LogP contribution in [0.25, 0.3) is 0 Å². The summed E-state index contributed by atoms with van der Waals surface area (Å²) in [7, 11) is -3.59. The third kappa shape index (κ3) is 5.45. The van der Waals surface area contributed by atoms with Crippen LogP contribution in [0.3, 0.4) is 0 Å². The number of sulfonamides is 1. The van der Waals surface area contributed by atoms with Gasteiger partial charge < -0.3 is 10.1 Å². The molecule has 2 aromatic rings. The van der Waals surface area contributed by atoms with E-state index in [1.54, 1.807) is 44.2 Å². The molecule has 0 fully saturated rings. The standard InChI is InChI=1S/C19H23ClN2O4S/c1-4-22(5-2)27(24,25)17-8-6-7-15(12-17)21-19(23)13-26-16-9-10-18(20)14(3)11-16/h6-12H,4-5,13H2,1-3H3,(H,21,23). The number of hydrogen-bond donors (Lipinski definition) is 1. The lowest BCUT2D eigenvalue weighted by Gasteiger charge is -2.18. The largest absolute Gasteiger partial charge is 0.484 e. The number of rotatable bonds is 8. The van der Waals surface area contributed by atoms with E-state index in [0.717, 1.165) is 5.56 Å². The fourth-order valence-electron chi connectivity index (χ4n) is 2.50. The number of hydrogen-bond acceptors (Lipinski definition) is 4. The third-order valence-corrected chi connectivity index (χ3v) is 6.43. The zero-order valence-electron chi connectivity index (χ0n) is 15.5. The van der Waals surface area contributed by atoms with Crippen LogP contribution < -0.4 is 10.1 Å². The molecule has 0 unspecified atom stereocenters. The van der Waals surface area contributed by atoms with Crippen LogP contribution in [-0.2, 0) is 14.8 Å². The van der Waals surface area contributed by atoms with E-state index in [2.05, 4.69) is 5.32 Å². The summed E-state index contributed by atoms with van der Waals surface area (Å²) in [5.74, 6) is 0.143. The number of aryl methyl sites for hydroxylation is 1. The summed E-state index contributed by atoms with van der Waals surface area (Å²) < 4.78 is 32.0. The zero-order chi connectivity index (χ0) is 20.0. The van der Waals surface area contributed by atoms with Crippen LogP contribution in [0.2, 0.25) is 5.02 Å². The molecule has 27 heavy (non-hydrogen) atoms. The number of ether oxygens (including phenoxy) is 1. The van der Waals surface area contributed by atoms with Crippen LogP contribution >= 0.6 is 11.6 Å². The average Bonchev–Trinajstić information content (AvgIpc) is 2.64. The monoisotopic (exact) mass is 410 g/mol. The first-order valence-electron chi connectivity index (χ1n) is 8.57. The molecule has 146 valence electrons. The molecule has 0 spiro atoms. The lowest BCUT2D eigenvalue weighted by Crippen LogP contribution is -2.30. The molecule has 2 rings (SSSR count). The second kappa shape index (κ2) is 9.21. The first-order chi connectivity index (χ1) is 12.8. The van der Waals surface area contributed by atoms with Gasteiger partial charge >= 0.3 is 0 Å². The number of amides is 1. The Hall–Kier alpha value is -2.09. The van der Waals surface area contributed by atoms with Crippen molar-refractivity contribution in [3.63, 3.8) is 0 Å². The lowest BCUT2D eigenvalue weighted by molar-refractivity contribution is -0.118. The Kier molecular flexibility index (Phi) is 7.24. The van der Waals surface area contributed by atoms with Gasteiger partial charge in [-0.25, -0.2) is 8.42 Å². The first kappa shape index (κ1) is 21.2. The maximum absolute atomic E-state index is 12.6. The van der Waals surface area contributed by atoms with Gasteiger partial charge in [0.15, 0.2) is 6.61 Å². The van der Waals surface area contributed by atoms with E-state index in [-0.39, 0.29) is 17.4 Å². The van der Waals surface area contributed by atoms with Crippen molar-refractivity contribution in [1.82, 2.24) is 4.31 Å². The summed E-state index contributed by atoms with van der Waals surface area (Å²) in [6, 6.07) is 11.3. The molecular weight excluding hydrogens is 388 g/mol. The predicted octanol–water partition coefficient (Wildman–Crippen LogP) is 3.70. The average molecular weight is 411 g/mol. The van der Waals surface area contributed by atoms with Crippen LogP contribution in [0.4, 0.5) is 5.69 Å². The third-order valence-electron chi connectivity index (χ3n) is 3.96. The van der Waals surface area contributed by atoms with E-state index >= 15 is 0 Å². The van der Waals surface area contributed by atoms with Crippen LogP contribution in [0.5, 0.6) is 5.75 Å². The first-order valence-corrected chi connectivity index (χ1v) is 10.4. The van der Waals surface area contributed by atoms with Gasteiger partial charge in [0.05, 0.1) is 4.90 Å². The van der Waals surface area contributed by atoms with E-state index in [4.69, 9.17) is 16.3 Å². The smallest absolute Gasteiger partial charge is 0.262 e. The van der Waals surface area contributed by atoms with Gasteiger partial charge in [-0.3, -0.25) is 4.79 Å². The SMILES string of the molecule is CCN(CC)S(=O)(=O)c1cccc(NC(=O)COc2ccc(Cl)c(C)c2)c1. The van der Waals surface area contributed by atoms with E-state index in [1.165, 1.54) is 16.4 Å². The molecule has 0 aliphatic rings. The molecule has 0 aliphatic heterocycles. The number of carbonyl (C=O) groups is 1. The minimum atomic E-state index is -3.59. The van der Waals surface area contributed by atoms with E-state index in [1.807, 2.05) is 6.92 Å². The molecule has 1 amide bonds. The van der Waals surface area contributed by atoms with Crippen molar-refractivity contribution in [1.29, 1.82) is 0 Å². The maximum atomic E-state index is 12.6. The Bertz CT molecular complexity index is 912. The summed E-state index contributed by atoms with van der Waals surface area (Å²) in [6.07, 6.45) is 0. The van der Waals surface area contributed by atoms with Crippen molar-refractivity contribution >= 4 is 33.2 Å². The lowest BCUT2D eigenvalue weighted by atomic mass is 10.2. The van der Waals surface area contributed by atoms with Gasteiger partial charge in [-0.15, -0.1) is 0 Å². The van der Waals surface area contributed by atoms with Crippen molar-refractivity contribution in [3.8, 4) is 5.75 Å². The molecule has 6 nitrogen and oxygen atoms in total. The summed E-state index contributed by atoms with van der Waals surface area (Å²) in [5.41, 5.74) is 1.24. The maximum Gasteiger partial charge on any atom is 0.262 e. The van der Waals surface area contributed by atoms with Crippen molar-refractivity contribution in [2.45, 2.75) is 25.7 Å². The second-order valence-corrected chi connectivity index (χ2v) is 8.21. The molecular formula is C19H23ClN2O4S. The summed E-state index contributed by atoms with van der Waals surface area (Å²) >= 11 is 5.96. The van der Waals surface area contributed by atoms with Crippen LogP contribution in [-0.4, -0.2) is 38.3 Å². The van der Waals surface area contributed by atoms with E-state index in [9.17, 15) is 13.2 Å². The highest BCUT2D eigenvalue weighted by atomic mass is 35.5. The Balaban J connectivity index is 2.05. The molecule has 0 saturated carbocycles. The minimum Gasteiger partial charge on any atom is -0.484 e. The quantitative estimate of drug-likeness (QED) is 0.720. The fourth-order valence-corrected chi connectivity index (χ4v) is 4.12. The number of carbonyl (C=O) groups excluding carboxylic acids is 1. The summed E-state index contributed by atoms with van der Waals surface area (Å²) in [4.78, 5) is 12.3. The second-order valence-electron chi connectivity index (χ2n) is 5.87. The van der Waals surface area contributed by atoms with Gasteiger partial charge in [-0.1, -0.05) is 31.5 Å². The highest BCUT2D eigenvalue weighted by Gasteiger charge is 2.21. The van der Waals surface area contributed by atoms with Crippen molar-refractivity contribution in [2.75, 3.05) is 25.0 Å². The number of benzene rings is 2. The molecule has 0 radical (unpaired) electrons. The fraction of sp³-hybridized carbons (Fsp3) is 0.316. The Labute approximate surface area is 165 Å². The predicted molar refractivity (Wildman–Crippen MR) is 107 cm³/mol. The number of anilines is 1. The van der Waals surface area contributed by atoms with Gasteiger partial charge in [-0.2, -0.15) is 4.31 Å². The van der Waals surface area contributed by atoms with Gasteiger partial charge in [0.1, 0.15) is 5.75 Å². The number of halogens is 1.